The van der Waals surface area contributed by atoms with Crippen LogP contribution in [0.15, 0.2) is 12.1 Å². The minimum atomic E-state index is -0.190. The van der Waals surface area contributed by atoms with E-state index in [1.54, 1.807) is 12.1 Å². The van der Waals surface area contributed by atoms with Crippen molar-refractivity contribution in [2.24, 2.45) is 11.5 Å². The molecule has 0 fully saturated rings. The molecule has 0 unspecified atom stereocenters. The van der Waals surface area contributed by atoms with Gasteiger partial charge in [0, 0.05) is 16.6 Å². The van der Waals surface area contributed by atoms with E-state index in [-0.39, 0.29) is 6.04 Å². The summed E-state index contributed by atoms with van der Waals surface area (Å²) in [5.41, 5.74) is 12.2. The van der Waals surface area contributed by atoms with Crippen LogP contribution in [-0.4, -0.2) is 6.54 Å². The van der Waals surface area contributed by atoms with Gasteiger partial charge in [-0.25, -0.2) is 0 Å². The Kier molecular flexibility index (Phi) is 5.87. The maximum absolute atomic E-state index is 6.09. The number of unbranched alkanes of at least 4 members (excludes halogenated alkanes) is 1. The normalized spacial score (nSPS) is 12.8. The zero-order valence-electron chi connectivity index (χ0n) is 8.85. The molecule has 5 heteroatoms. The van der Waals surface area contributed by atoms with Gasteiger partial charge in [-0.05, 0) is 31.5 Å². The molecule has 0 radical (unpaired) electrons. The van der Waals surface area contributed by atoms with Crippen LogP contribution in [-0.2, 0) is 0 Å². The molecule has 2 nitrogen and oxygen atoms in total. The molecule has 0 bridgehead atoms. The highest BCUT2D eigenvalue weighted by molar-refractivity contribution is 6.44. The highest BCUT2D eigenvalue weighted by Gasteiger charge is 2.16. The number of hydrogen-bond donors (Lipinski definition) is 2. The molecule has 1 rings (SSSR count). The maximum atomic E-state index is 6.09. The average molecular weight is 282 g/mol. The summed E-state index contributed by atoms with van der Waals surface area (Å²) in [6, 6.07) is 3.20. The summed E-state index contributed by atoms with van der Waals surface area (Å²) in [4.78, 5) is 0. The van der Waals surface area contributed by atoms with Crippen molar-refractivity contribution >= 4 is 34.8 Å². The van der Waals surface area contributed by atoms with Crippen molar-refractivity contribution in [1.82, 2.24) is 0 Å². The van der Waals surface area contributed by atoms with E-state index < -0.39 is 0 Å². The Labute approximate surface area is 111 Å². The molecule has 0 aromatic heterocycles. The lowest BCUT2D eigenvalue weighted by Gasteiger charge is -2.16. The van der Waals surface area contributed by atoms with E-state index in [9.17, 15) is 0 Å². The summed E-state index contributed by atoms with van der Waals surface area (Å²) in [5.74, 6) is 0. The molecule has 1 aromatic carbocycles. The van der Waals surface area contributed by atoms with Crippen molar-refractivity contribution in [2.75, 3.05) is 6.54 Å². The van der Waals surface area contributed by atoms with Gasteiger partial charge in [-0.15, -0.1) is 0 Å². The molecule has 0 aliphatic rings. The lowest BCUT2D eigenvalue weighted by atomic mass is 10.0. The fourth-order valence-corrected chi connectivity index (χ4v) is 2.35. The lowest BCUT2D eigenvalue weighted by molar-refractivity contribution is 0.591. The van der Waals surface area contributed by atoms with Crippen molar-refractivity contribution in [3.8, 4) is 0 Å². The smallest absolute Gasteiger partial charge is 0.0654 e. The number of nitrogens with two attached hydrogens (primary N) is 2. The number of hydrogen-bond acceptors (Lipinski definition) is 2. The molecule has 0 heterocycles. The first kappa shape index (κ1) is 14.1. The topological polar surface area (TPSA) is 52.0 Å². The second-order valence-electron chi connectivity index (χ2n) is 3.65. The van der Waals surface area contributed by atoms with Crippen LogP contribution in [0.3, 0.4) is 0 Å². The van der Waals surface area contributed by atoms with Crippen LogP contribution in [0, 0.1) is 0 Å². The third-order valence-corrected chi connectivity index (χ3v) is 3.57. The third-order valence-electron chi connectivity index (χ3n) is 2.42. The van der Waals surface area contributed by atoms with E-state index in [0.717, 1.165) is 24.8 Å². The van der Waals surface area contributed by atoms with Gasteiger partial charge >= 0.3 is 0 Å². The molecule has 4 N–H and O–H groups in total. The standard InChI is InChI=1S/C11H15Cl3N2/c12-7-4-5-8(13)11(14)10(7)9(16)3-1-2-6-15/h4-5,9H,1-3,6,15-16H2/t9-/m0/s1. The predicted octanol–water partition coefficient (Wildman–Crippen LogP) is 3.78. The van der Waals surface area contributed by atoms with Crippen molar-refractivity contribution < 1.29 is 0 Å². The highest BCUT2D eigenvalue weighted by atomic mass is 35.5. The van der Waals surface area contributed by atoms with E-state index in [0.29, 0.717) is 21.6 Å². The summed E-state index contributed by atoms with van der Waals surface area (Å²) >= 11 is 18.1. The first-order chi connectivity index (χ1) is 7.57. The first-order valence-electron chi connectivity index (χ1n) is 5.17. The SMILES string of the molecule is NCCCC[C@H](N)c1c(Cl)ccc(Cl)c1Cl. The minimum absolute atomic E-state index is 0.190. The van der Waals surface area contributed by atoms with Gasteiger partial charge in [0.15, 0.2) is 0 Å². The van der Waals surface area contributed by atoms with Gasteiger partial charge in [-0.2, -0.15) is 0 Å². The van der Waals surface area contributed by atoms with Gasteiger partial charge in [-0.3, -0.25) is 0 Å². The molecule has 0 saturated heterocycles. The van der Waals surface area contributed by atoms with E-state index >= 15 is 0 Å². The maximum Gasteiger partial charge on any atom is 0.0654 e. The Hall–Kier alpha value is 0.01000. The van der Waals surface area contributed by atoms with Crippen molar-refractivity contribution in [3.63, 3.8) is 0 Å². The van der Waals surface area contributed by atoms with Crippen LogP contribution in [0.5, 0.6) is 0 Å². The van der Waals surface area contributed by atoms with Crippen molar-refractivity contribution in [1.29, 1.82) is 0 Å². The molecule has 0 amide bonds. The second kappa shape index (κ2) is 6.67. The van der Waals surface area contributed by atoms with Crippen LogP contribution in [0.25, 0.3) is 0 Å². The molecule has 0 spiro atoms. The van der Waals surface area contributed by atoms with Crippen LogP contribution in [0.2, 0.25) is 15.1 Å². The Balaban J connectivity index is 2.81. The monoisotopic (exact) mass is 280 g/mol. The van der Waals surface area contributed by atoms with Crippen LogP contribution in [0.4, 0.5) is 0 Å². The summed E-state index contributed by atoms with van der Waals surface area (Å²) in [6.07, 6.45) is 2.71. The van der Waals surface area contributed by atoms with Crippen LogP contribution < -0.4 is 11.5 Å². The quantitative estimate of drug-likeness (QED) is 0.637. The van der Waals surface area contributed by atoms with Gasteiger partial charge in [0.25, 0.3) is 0 Å². The van der Waals surface area contributed by atoms with Gasteiger partial charge < -0.3 is 11.5 Å². The molecule has 16 heavy (non-hydrogen) atoms. The fourth-order valence-electron chi connectivity index (χ4n) is 1.54. The Morgan fingerprint density at radius 3 is 2.31 bits per heavy atom. The Bertz CT molecular complexity index is 355. The highest BCUT2D eigenvalue weighted by Crippen LogP contribution is 2.36. The second-order valence-corrected chi connectivity index (χ2v) is 4.84. The van der Waals surface area contributed by atoms with E-state index in [2.05, 4.69) is 0 Å². The predicted molar refractivity (Wildman–Crippen MR) is 71.3 cm³/mol. The van der Waals surface area contributed by atoms with E-state index in [4.69, 9.17) is 46.3 Å². The number of benzene rings is 1. The molecular weight excluding hydrogens is 266 g/mol. The zero-order chi connectivity index (χ0) is 12.1. The summed E-state index contributed by atoms with van der Waals surface area (Å²) in [7, 11) is 0. The molecule has 1 atom stereocenters. The Morgan fingerprint density at radius 1 is 1.06 bits per heavy atom. The van der Waals surface area contributed by atoms with Crippen molar-refractivity contribution in [3.05, 3.63) is 32.8 Å². The van der Waals surface area contributed by atoms with Crippen LogP contribution >= 0.6 is 34.8 Å². The molecule has 0 aliphatic carbocycles. The van der Waals surface area contributed by atoms with Crippen LogP contribution in [0.1, 0.15) is 30.9 Å². The van der Waals surface area contributed by atoms with Gasteiger partial charge in [0.2, 0.25) is 0 Å². The number of halogens is 3. The van der Waals surface area contributed by atoms with Crippen molar-refractivity contribution in [2.45, 2.75) is 25.3 Å². The molecule has 90 valence electrons. The largest absolute Gasteiger partial charge is 0.330 e. The number of rotatable bonds is 5. The molecular formula is C11H15Cl3N2. The first-order valence-corrected chi connectivity index (χ1v) is 6.30. The molecule has 1 aromatic rings. The van der Waals surface area contributed by atoms with Gasteiger partial charge in [0.05, 0.1) is 10.0 Å². The van der Waals surface area contributed by atoms with E-state index in [1.165, 1.54) is 0 Å². The van der Waals surface area contributed by atoms with Gasteiger partial charge in [-0.1, -0.05) is 41.2 Å². The summed E-state index contributed by atoms with van der Waals surface area (Å²) in [6.45, 7) is 0.670. The zero-order valence-corrected chi connectivity index (χ0v) is 11.1. The van der Waals surface area contributed by atoms with Gasteiger partial charge in [0.1, 0.15) is 0 Å². The minimum Gasteiger partial charge on any atom is -0.330 e. The van der Waals surface area contributed by atoms with E-state index in [1.807, 2.05) is 0 Å². The summed E-state index contributed by atoms with van der Waals surface area (Å²) < 4.78 is 0. The third kappa shape index (κ3) is 3.51. The summed E-state index contributed by atoms with van der Waals surface area (Å²) in [5, 5.41) is 1.50. The Morgan fingerprint density at radius 2 is 1.69 bits per heavy atom. The molecule has 0 aliphatic heterocycles. The molecule has 0 saturated carbocycles. The average Bonchev–Trinajstić information content (AvgIpc) is 2.24. The fraction of sp³-hybridized carbons (Fsp3) is 0.455. The lowest BCUT2D eigenvalue weighted by Crippen LogP contribution is -2.12.